The topological polar surface area (TPSA) is 87.6 Å². The summed E-state index contributed by atoms with van der Waals surface area (Å²) in [6.45, 7) is 12.5. The molecule has 0 spiro atoms. The lowest BCUT2D eigenvalue weighted by atomic mass is 10.0. The zero-order valence-corrected chi connectivity index (χ0v) is 19.1. The number of anilines is 1. The first kappa shape index (κ1) is 28.2. The zero-order chi connectivity index (χ0) is 22.8. The van der Waals surface area contributed by atoms with Crippen molar-refractivity contribution >= 4 is 11.4 Å². The summed E-state index contributed by atoms with van der Waals surface area (Å²) < 4.78 is 11.6. The van der Waals surface area contributed by atoms with Crippen molar-refractivity contribution in [3.05, 3.63) is 58.6 Å². The third-order valence-corrected chi connectivity index (χ3v) is 4.42. The lowest BCUT2D eigenvalue weighted by molar-refractivity contribution is -0.384. The minimum Gasteiger partial charge on any atom is -0.488 e. The number of nitro groups is 1. The molecule has 2 aromatic rings. The summed E-state index contributed by atoms with van der Waals surface area (Å²) in [4.78, 5) is 10.0. The summed E-state index contributed by atoms with van der Waals surface area (Å²) in [6.07, 6.45) is 4.17. The molecule has 0 aliphatic carbocycles. The van der Waals surface area contributed by atoms with Gasteiger partial charge in [0, 0.05) is 17.8 Å². The van der Waals surface area contributed by atoms with Crippen molar-refractivity contribution in [1.82, 2.24) is 0 Å². The molecule has 2 aromatic carbocycles. The van der Waals surface area contributed by atoms with E-state index in [0.717, 1.165) is 37.1 Å². The van der Waals surface area contributed by atoms with Gasteiger partial charge in [-0.05, 0) is 76.9 Å². The summed E-state index contributed by atoms with van der Waals surface area (Å²) >= 11 is 0. The number of non-ortho nitro benzene ring substituents is 1. The average molecular weight is 433 g/mol. The lowest BCUT2D eigenvalue weighted by Gasteiger charge is -2.26. The average Bonchev–Trinajstić information content (AvgIpc) is 2.64. The van der Waals surface area contributed by atoms with Crippen LogP contribution in [0.15, 0.2) is 48.5 Å². The summed E-state index contributed by atoms with van der Waals surface area (Å²) in [5.41, 5.74) is 6.12. The third kappa shape index (κ3) is 11.3. The number of hydrogen-bond acceptors (Lipinski definition) is 5. The number of nitrogens with two attached hydrogens (primary N) is 1. The van der Waals surface area contributed by atoms with E-state index in [1.54, 1.807) is 12.1 Å². The monoisotopic (exact) mass is 432 g/mol. The molecule has 31 heavy (non-hydrogen) atoms. The summed E-state index contributed by atoms with van der Waals surface area (Å²) in [5.74, 6) is 1.56. The molecule has 0 amide bonds. The lowest BCUT2D eigenvalue weighted by Crippen LogP contribution is -2.27. The van der Waals surface area contributed by atoms with Crippen LogP contribution in [0.2, 0.25) is 0 Å². The molecule has 0 saturated carbocycles. The number of benzene rings is 2. The van der Waals surface area contributed by atoms with Gasteiger partial charge >= 0.3 is 0 Å². The van der Waals surface area contributed by atoms with Crippen LogP contribution in [0.25, 0.3) is 0 Å². The van der Waals surface area contributed by atoms with E-state index in [1.807, 2.05) is 38.1 Å². The van der Waals surface area contributed by atoms with Crippen molar-refractivity contribution in [2.75, 3.05) is 5.73 Å². The maximum atomic E-state index is 10.5. The van der Waals surface area contributed by atoms with Crippen molar-refractivity contribution in [2.45, 2.75) is 85.9 Å². The first-order valence-electron chi connectivity index (χ1n) is 10.5. The fourth-order valence-corrected chi connectivity index (χ4v) is 3.12. The zero-order valence-electron chi connectivity index (χ0n) is 19.1. The molecule has 0 aliphatic heterocycles. The Morgan fingerprint density at radius 3 is 1.48 bits per heavy atom. The van der Waals surface area contributed by atoms with Crippen molar-refractivity contribution in [1.29, 1.82) is 0 Å². The van der Waals surface area contributed by atoms with Gasteiger partial charge in [-0.15, -0.1) is 0 Å². The molecule has 0 radical (unpaired) electrons. The van der Waals surface area contributed by atoms with Crippen molar-refractivity contribution in [2.24, 2.45) is 0 Å². The number of nitro benzene ring substituents is 1. The van der Waals surface area contributed by atoms with E-state index >= 15 is 0 Å². The van der Waals surface area contributed by atoms with Gasteiger partial charge in [-0.2, -0.15) is 0 Å². The van der Waals surface area contributed by atoms with Gasteiger partial charge < -0.3 is 15.2 Å². The predicted octanol–water partition coefficient (Wildman–Crippen LogP) is 7.41. The molecule has 0 bridgehead atoms. The molecule has 0 aliphatic rings. The molecule has 0 saturated heterocycles. The second kappa shape index (κ2) is 12.8. The predicted molar refractivity (Wildman–Crippen MR) is 130 cm³/mol. The second-order valence-electron chi connectivity index (χ2n) is 8.54. The number of nitrogens with zero attached hydrogens (tertiary/aromatic N) is 1. The summed E-state index contributed by atoms with van der Waals surface area (Å²) in [6, 6.07) is 13.7. The van der Waals surface area contributed by atoms with Crippen LogP contribution in [0.1, 0.15) is 74.7 Å². The standard InChI is InChI=1S/C12H17NO3.C12H19NO.CH4/c1-4-9-12(2,3)16-11-7-5-10(6-8-11)13(14)15;1-4-9-12(2,3)14-11-7-5-10(13)6-8-11;/h5-8H,4,9H2,1-3H3;5-8H,4,9,13H2,1-3H3;1H4. The number of rotatable bonds is 9. The maximum Gasteiger partial charge on any atom is 0.269 e. The molecular formula is C25H40N2O4. The Bertz CT molecular complexity index is 769. The highest BCUT2D eigenvalue weighted by Crippen LogP contribution is 2.24. The van der Waals surface area contributed by atoms with E-state index in [9.17, 15) is 10.1 Å². The van der Waals surface area contributed by atoms with Crippen molar-refractivity contribution in [3.8, 4) is 11.5 Å². The Morgan fingerprint density at radius 2 is 1.16 bits per heavy atom. The second-order valence-corrected chi connectivity index (χ2v) is 8.54. The van der Waals surface area contributed by atoms with Gasteiger partial charge in [-0.1, -0.05) is 34.1 Å². The minimum atomic E-state index is -0.416. The summed E-state index contributed by atoms with van der Waals surface area (Å²) in [7, 11) is 0. The van der Waals surface area contributed by atoms with Crippen molar-refractivity contribution in [3.63, 3.8) is 0 Å². The number of hydrogen-bond donors (Lipinski definition) is 1. The molecule has 6 nitrogen and oxygen atoms in total. The molecule has 0 fully saturated rings. The van der Waals surface area contributed by atoms with Crippen LogP contribution in [0.5, 0.6) is 11.5 Å². The van der Waals surface area contributed by atoms with Crippen molar-refractivity contribution < 1.29 is 14.4 Å². The van der Waals surface area contributed by atoms with Gasteiger partial charge in [0.2, 0.25) is 0 Å². The first-order valence-corrected chi connectivity index (χ1v) is 10.5. The van der Waals surface area contributed by atoms with Gasteiger partial charge in [0.15, 0.2) is 0 Å². The van der Waals surface area contributed by atoms with Crippen LogP contribution < -0.4 is 15.2 Å². The first-order chi connectivity index (χ1) is 14.0. The van der Waals surface area contributed by atoms with Gasteiger partial charge in [0.05, 0.1) is 4.92 Å². The fraction of sp³-hybridized carbons (Fsp3) is 0.520. The van der Waals surface area contributed by atoms with Gasteiger partial charge in [-0.25, -0.2) is 0 Å². The quantitative estimate of drug-likeness (QED) is 0.253. The highest BCUT2D eigenvalue weighted by Gasteiger charge is 2.19. The third-order valence-electron chi connectivity index (χ3n) is 4.42. The Morgan fingerprint density at radius 1 is 0.806 bits per heavy atom. The minimum absolute atomic E-state index is 0. The molecular weight excluding hydrogens is 392 g/mol. The van der Waals surface area contributed by atoms with Gasteiger partial charge in [-0.3, -0.25) is 10.1 Å². The highest BCUT2D eigenvalue weighted by atomic mass is 16.6. The van der Waals surface area contributed by atoms with Crippen LogP contribution in [0, 0.1) is 10.1 Å². The highest BCUT2D eigenvalue weighted by molar-refractivity contribution is 5.41. The van der Waals surface area contributed by atoms with Gasteiger partial charge in [0.25, 0.3) is 5.69 Å². The molecule has 6 heteroatoms. The van der Waals surface area contributed by atoms with E-state index in [1.165, 1.54) is 12.1 Å². The molecule has 174 valence electrons. The van der Waals surface area contributed by atoms with E-state index in [2.05, 4.69) is 27.7 Å². The van der Waals surface area contributed by atoms with Crippen LogP contribution >= 0.6 is 0 Å². The molecule has 0 atom stereocenters. The molecule has 0 aromatic heterocycles. The van der Waals surface area contributed by atoms with Crippen LogP contribution in [0.4, 0.5) is 11.4 Å². The van der Waals surface area contributed by atoms with E-state index in [-0.39, 0.29) is 24.3 Å². The van der Waals surface area contributed by atoms with Crippen LogP contribution in [-0.2, 0) is 0 Å². The van der Waals surface area contributed by atoms with Crippen LogP contribution in [-0.4, -0.2) is 16.1 Å². The molecule has 2 rings (SSSR count). The van der Waals surface area contributed by atoms with Gasteiger partial charge in [0.1, 0.15) is 22.7 Å². The van der Waals surface area contributed by atoms with E-state index < -0.39 is 4.92 Å². The molecule has 0 unspecified atom stereocenters. The SMILES string of the molecule is C.CCCC(C)(C)Oc1ccc(N)cc1.CCCC(C)(C)Oc1ccc([N+](=O)[O-])cc1. The normalized spacial score (nSPS) is 10.9. The number of nitrogen functional groups attached to an aromatic ring is 1. The Hall–Kier alpha value is -2.76. The Balaban J connectivity index is 0.000000567. The maximum absolute atomic E-state index is 10.5. The Kier molecular flexibility index (Phi) is 11.7. The van der Waals surface area contributed by atoms with Crippen LogP contribution in [0.3, 0.4) is 0 Å². The number of ether oxygens (including phenoxy) is 2. The fourth-order valence-electron chi connectivity index (χ4n) is 3.12. The smallest absolute Gasteiger partial charge is 0.269 e. The molecule has 2 N–H and O–H groups in total. The molecule has 0 heterocycles. The van der Waals surface area contributed by atoms with E-state index in [4.69, 9.17) is 15.2 Å². The summed E-state index contributed by atoms with van der Waals surface area (Å²) in [5, 5.41) is 10.5. The largest absolute Gasteiger partial charge is 0.488 e. The Labute approximate surface area is 187 Å². The van der Waals surface area contributed by atoms with E-state index in [0.29, 0.717) is 5.75 Å².